The second-order valence-corrected chi connectivity index (χ2v) is 8.12. The summed E-state index contributed by atoms with van der Waals surface area (Å²) in [7, 11) is 0. The molecular weight excluding hydrogens is 358 g/mol. The third-order valence-corrected chi connectivity index (χ3v) is 5.07. The summed E-state index contributed by atoms with van der Waals surface area (Å²) >= 11 is 0. The van der Waals surface area contributed by atoms with Gasteiger partial charge in [0.15, 0.2) is 0 Å². The summed E-state index contributed by atoms with van der Waals surface area (Å²) in [4.78, 5) is 11.9. The third kappa shape index (κ3) is 12.1. The van der Waals surface area contributed by atoms with Crippen molar-refractivity contribution in [2.75, 3.05) is 6.61 Å². The lowest BCUT2D eigenvalue weighted by molar-refractivity contribution is -0.118. The molecule has 1 unspecified atom stereocenters. The molecule has 0 heterocycles. The Morgan fingerprint density at radius 3 is 2.52 bits per heavy atom. The Morgan fingerprint density at radius 2 is 1.83 bits per heavy atom. The normalized spacial score (nSPS) is 14.8. The van der Waals surface area contributed by atoms with Crippen molar-refractivity contribution >= 4 is 5.91 Å². The number of allylic oxidation sites excluding steroid dienone is 5. The predicted octanol–water partition coefficient (Wildman–Crippen LogP) is 5.76. The standard InChI is InChI=1S/C26H39NO2/c1-21(12-8-9-19-25-17-6-5-7-18-25)13-10-14-22(2)15-11-16-23(3)26(29)27-24(4)20-28/h5-9,15-18,21,24,28H,10-14,19-20H2,1-4H3,(H,27,29)/b9-8+,22-15+,23-16+/t21?,24-/m0/s1. The topological polar surface area (TPSA) is 49.3 Å². The monoisotopic (exact) mass is 397 g/mol. The van der Waals surface area contributed by atoms with Crippen LogP contribution in [0.5, 0.6) is 0 Å². The number of aliphatic hydroxyl groups is 1. The van der Waals surface area contributed by atoms with E-state index in [0.29, 0.717) is 11.5 Å². The van der Waals surface area contributed by atoms with Crippen LogP contribution in [0.25, 0.3) is 0 Å². The second-order valence-electron chi connectivity index (χ2n) is 8.12. The Bertz CT molecular complexity index is 673. The van der Waals surface area contributed by atoms with E-state index in [9.17, 15) is 4.79 Å². The van der Waals surface area contributed by atoms with Gasteiger partial charge in [-0.2, -0.15) is 0 Å². The van der Waals surface area contributed by atoms with Gasteiger partial charge < -0.3 is 10.4 Å². The molecule has 3 heteroatoms. The van der Waals surface area contributed by atoms with E-state index in [-0.39, 0.29) is 18.6 Å². The molecule has 0 aliphatic rings. The third-order valence-electron chi connectivity index (χ3n) is 5.07. The van der Waals surface area contributed by atoms with Crippen molar-refractivity contribution in [3.05, 3.63) is 71.3 Å². The molecule has 0 saturated carbocycles. The van der Waals surface area contributed by atoms with Crippen LogP contribution in [0.2, 0.25) is 0 Å². The molecule has 0 saturated heterocycles. The van der Waals surface area contributed by atoms with E-state index >= 15 is 0 Å². The van der Waals surface area contributed by atoms with Crippen LogP contribution in [-0.4, -0.2) is 23.7 Å². The summed E-state index contributed by atoms with van der Waals surface area (Å²) in [5.74, 6) is 0.598. The number of carbonyl (C=O) groups excluding carboxylic acids is 1. The van der Waals surface area contributed by atoms with Gasteiger partial charge in [-0.05, 0) is 64.4 Å². The molecule has 1 aromatic carbocycles. The van der Waals surface area contributed by atoms with Gasteiger partial charge >= 0.3 is 0 Å². The van der Waals surface area contributed by atoms with Gasteiger partial charge in [0.05, 0.1) is 6.61 Å². The van der Waals surface area contributed by atoms with E-state index in [2.05, 4.69) is 67.7 Å². The van der Waals surface area contributed by atoms with E-state index < -0.39 is 0 Å². The van der Waals surface area contributed by atoms with Crippen molar-refractivity contribution in [1.29, 1.82) is 0 Å². The van der Waals surface area contributed by atoms with Crippen LogP contribution in [0.1, 0.15) is 65.4 Å². The molecule has 0 bridgehead atoms. The molecule has 2 atom stereocenters. The zero-order valence-corrected chi connectivity index (χ0v) is 18.7. The summed E-state index contributed by atoms with van der Waals surface area (Å²) in [6.07, 6.45) is 15.2. The summed E-state index contributed by atoms with van der Waals surface area (Å²) in [6.45, 7) is 8.05. The zero-order valence-electron chi connectivity index (χ0n) is 18.7. The van der Waals surface area contributed by atoms with Crippen molar-refractivity contribution in [2.24, 2.45) is 5.92 Å². The molecule has 1 rings (SSSR count). The van der Waals surface area contributed by atoms with Gasteiger partial charge in [-0.15, -0.1) is 0 Å². The Kier molecular flexibility index (Phi) is 12.7. The molecule has 160 valence electrons. The molecule has 1 aromatic rings. The van der Waals surface area contributed by atoms with Gasteiger partial charge in [0.1, 0.15) is 0 Å². The first-order valence-electron chi connectivity index (χ1n) is 10.8. The quantitative estimate of drug-likeness (QED) is 0.328. The number of carbonyl (C=O) groups is 1. The second kappa shape index (κ2) is 14.8. The molecule has 0 aliphatic heterocycles. The minimum Gasteiger partial charge on any atom is -0.394 e. The first-order valence-corrected chi connectivity index (χ1v) is 10.8. The minimum atomic E-state index is -0.210. The zero-order chi connectivity index (χ0) is 21.5. The maximum Gasteiger partial charge on any atom is 0.246 e. The van der Waals surface area contributed by atoms with Crippen molar-refractivity contribution in [1.82, 2.24) is 5.32 Å². The number of aliphatic hydroxyl groups excluding tert-OH is 1. The molecule has 0 aliphatic carbocycles. The lowest BCUT2D eigenvalue weighted by Gasteiger charge is -2.10. The van der Waals surface area contributed by atoms with Crippen LogP contribution >= 0.6 is 0 Å². The highest BCUT2D eigenvalue weighted by Gasteiger charge is 2.07. The van der Waals surface area contributed by atoms with E-state index in [1.165, 1.54) is 24.0 Å². The number of hydrogen-bond donors (Lipinski definition) is 2. The van der Waals surface area contributed by atoms with Crippen LogP contribution in [0.3, 0.4) is 0 Å². The lowest BCUT2D eigenvalue weighted by Crippen LogP contribution is -2.35. The van der Waals surface area contributed by atoms with E-state index in [4.69, 9.17) is 5.11 Å². The van der Waals surface area contributed by atoms with Gasteiger partial charge in [-0.3, -0.25) is 4.79 Å². The predicted molar refractivity (Wildman–Crippen MR) is 124 cm³/mol. The Hall–Kier alpha value is -2.13. The number of hydrogen-bond acceptors (Lipinski definition) is 2. The van der Waals surface area contributed by atoms with Crippen molar-refractivity contribution in [2.45, 2.75) is 72.3 Å². The summed E-state index contributed by atoms with van der Waals surface area (Å²) < 4.78 is 0. The number of rotatable bonds is 13. The molecule has 0 radical (unpaired) electrons. The van der Waals surface area contributed by atoms with E-state index in [0.717, 1.165) is 25.7 Å². The fraction of sp³-hybridized carbons (Fsp3) is 0.500. The Balaban J connectivity index is 2.22. The average molecular weight is 398 g/mol. The van der Waals surface area contributed by atoms with Gasteiger partial charge in [-0.25, -0.2) is 0 Å². The first-order chi connectivity index (χ1) is 13.9. The Morgan fingerprint density at radius 1 is 1.10 bits per heavy atom. The molecule has 0 aromatic heterocycles. The van der Waals surface area contributed by atoms with Gasteiger partial charge in [0.2, 0.25) is 5.91 Å². The van der Waals surface area contributed by atoms with Gasteiger partial charge in [0, 0.05) is 11.6 Å². The smallest absolute Gasteiger partial charge is 0.246 e. The molecule has 0 fully saturated rings. The van der Waals surface area contributed by atoms with E-state index in [1.807, 2.05) is 13.0 Å². The molecule has 0 spiro atoms. The fourth-order valence-corrected chi connectivity index (χ4v) is 3.02. The summed E-state index contributed by atoms with van der Waals surface area (Å²) in [5.41, 5.74) is 3.44. The van der Waals surface area contributed by atoms with Crippen LogP contribution < -0.4 is 5.32 Å². The molecule has 3 nitrogen and oxygen atoms in total. The SMILES string of the molecule is C/C(=C\C/C=C(\C)C(=O)N[C@@H](C)CO)CCCC(C)C/C=C/Cc1ccccc1. The summed E-state index contributed by atoms with van der Waals surface area (Å²) in [5, 5.41) is 11.8. The molecule has 2 N–H and O–H groups in total. The fourth-order valence-electron chi connectivity index (χ4n) is 3.02. The number of nitrogens with one attached hydrogen (secondary N) is 1. The molecule has 1 amide bonds. The van der Waals surface area contributed by atoms with Gasteiger partial charge in [-0.1, -0.05) is 73.6 Å². The number of benzene rings is 1. The number of amides is 1. The maximum atomic E-state index is 11.9. The van der Waals surface area contributed by atoms with Crippen LogP contribution in [-0.2, 0) is 11.2 Å². The van der Waals surface area contributed by atoms with Crippen LogP contribution in [0.15, 0.2) is 65.8 Å². The highest BCUT2D eigenvalue weighted by molar-refractivity contribution is 5.92. The maximum absolute atomic E-state index is 11.9. The highest BCUT2D eigenvalue weighted by Crippen LogP contribution is 2.16. The summed E-state index contributed by atoms with van der Waals surface area (Å²) in [6, 6.07) is 10.4. The van der Waals surface area contributed by atoms with Crippen LogP contribution in [0, 0.1) is 5.92 Å². The van der Waals surface area contributed by atoms with Crippen molar-refractivity contribution in [3.63, 3.8) is 0 Å². The van der Waals surface area contributed by atoms with E-state index in [1.54, 1.807) is 6.92 Å². The largest absolute Gasteiger partial charge is 0.394 e. The Labute approximate surface area is 177 Å². The average Bonchev–Trinajstić information content (AvgIpc) is 2.71. The molecule has 29 heavy (non-hydrogen) atoms. The molecular formula is C26H39NO2. The highest BCUT2D eigenvalue weighted by atomic mass is 16.3. The van der Waals surface area contributed by atoms with Gasteiger partial charge in [0.25, 0.3) is 0 Å². The first kappa shape index (κ1) is 24.9. The minimum absolute atomic E-state index is 0.0424. The van der Waals surface area contributed by atoms with Crippen molar-refractivity contribution in [3.8, 4) is 0 Å². The van der Waals surface area contributed by atoms with Crippen molar-refractivity contribution < 1.29 is 9.90 Å². The van der Waals surface area contributed by atoms with Crippen LogP contribution in [0.4, 0.5) is 0 Å². The lowest BCUT2D eigenvalue weighted by atomic mass is 9.98.